The third-order valence-corrected chi connectivity index (χ3v) is 5.77. The van der Waals surface area contributed by atoms with Crippen molar-refractivity contribution in [2.75, 3.05) is 0 Å². The first-order valence-corrected chi connectivity index (χ1v) is 9.63. The number of aromatic nitrogens is 3. The van der Waals surface area contributed by atoms with Gasteiger partial charge in [-0.1, -0.05) is 30.3 Å². The van der Waals surface area contributed by atoms with Crippen LogP contribution in [0.1, 0.15) is 17.5 Å². The lowest BCUT2D eigenvalue weighted by atomic mass is 10.1. The van der Waals surface area contributed by atoms with Gasteiger partial charge in [0.05, 0.1) is 27.7 Å². The molecule has 3 heterocycles. The van der Waals surface area contributed by atoms with Gasteiger partial charge in [-0.05, 0) is 13.8 Å². The molecular weight excluding hydrogens is 364 g/mol. The van der Waals surface area contributed by atoms with E-state index in [0.717, 1.165) is 32.4 Å². The number of aliphatic imine (C=N–C) groups is 1. The molecule has 3 aromatic heterocycles. The molecule has 0 bridgehead atoms. The Morgan fingerprint density at radius 2 is 2.04 bits per heavy atom. The number of amidine groups is 2. The number of nitrogens with zero attached hydrogens (tertiary/aromatic N) is 4. The van der Waals surface area contributed by atoms with Gasteiger partial charge in [0.2, 0.25) is 0 Å². The molecule has 0 amide bonds. The third-order valence-electron chi connectivity index (χ3n) is 3.81. The summed E-state index contributed by atoms with van der Waals surface area (Å²) in [7, 11) is 0. The first-order chi connectivity index (χ1) is 12.5. The van der Waals surface area contributed by atoms with Crippen LogP contribution in [0, 0.1) is 12.3 Å². The van der Waals surface area contributed by atoms with Crippen molar-refractivity contribution >= 4 is 39.2 Å². The highest BCUT2D eigenvalue weighted by molar-refractivity contribution is 7.19. The molecule has 8 heteroatoms. The molecule has 0 unspecified atom stereocenters. The minimum atomic E-state index is 0.125. The molecule has 0 saturated carbocycles. The maximum atomic E-state index is 8.36. The van der Waals surface area contributed by atoms with Crippen LogP contribution in [-0.2, 0) is 0 Å². The van der Waals surface area contributed by atoms with Crippen molar-refractivity contribution in [3.8, 4) is 21.8 Å². The predicted octanol–water partition coefficient (Wildman–Crippen LogP) is 4.20. The molecule has 0 fully saturated rings. The Kier molecular flexibility index (Phi) is 4.14. The summed E-state index contributed by atoms with van der Waals surface area (Å²) in [5.41, 5.74) is 9.31. The van der Waals surface area contributed by atoms with Crippen LogP contribution in [0.5, 0.6) is 0 Å². The molecule has 4 rings (SSSR count). The predicted molar refractivity (Wildman–Crippen MR) is 108 cm³/mol. The number of thiazole rings is 2. The average Bonchev–Trinajstić information content (AvgIpc) is 3.29. The Morgan fingerprint density at radius 3 is 2.77 bits per heavy atom. The standard InChI is InChI=1S/C18H16N6S2/c1-10-13(18-24(23-10)8-9-25-18)17-22-14(12-6-4-3-5-7-12)15(26-17)16(20)21-11(2)19/h3-9H,1-2H3,(H3,19,20,21). The Morgan fingerprint density at radius 1 is 1.27 bits per heavy atom. The summed E-state index contributed by atoms with van der Waals surface area (Å²) < 4.78 is 1.87. The summed E-state index contributed by atoms with van der Waals surface area (Å²) in [5, 5.41) is 15.7. The highest BCUT2D eigenvalue weighted by Gasteiger charge is 2.22. The fourth-order valence-corrected chi connectivity index (χ4v) is 4.77. The molecule has 3 N–H and O–H groups in total. The van der Waals surface area contributed by atoms with E-state index >= 15 is 0 Å². The summed E-state index contributed by atoms with van der Waals surface area (Å²) in [6, 6.07) is 9.85. The zero-order valence-electron chi connectivity index (χ0n) is 14.2. The summed E-state index contributed by atoms with van der Waals surface area (Å²) in [5.74, 6) is 0.478. The number of hydrogen-bond donors (Lipinski definition) is 2. The van der Waals surface area contributed by atoms with Crippen molar-refractivity contribution in [1.82, 2.24) is 14.6 Å². The van der Waals surface area contributed by atoms with Gasteiger partial charge < -0.3 is 5.73 Å². The van der Waals surface area contributed by atoms with E-state index in [1.54, 1.807) is 18.3 Å². The monoisotopic (exact) mass is 380 g/mol. The van der Waals surface area contributed by atoms with Gasteiger partial charge in [-0.15, -0.1) is 22.7 Å². The molecule has 0 atom stereocenters. The van der Waals surface area contributed by atoms with Crippen molar-refractivity contribution in [1.29, 1.82) is 5.41 Å². The number of rotatable bonds is 3. The van der Waals surface area contributed by atoms with Gasteiger partial charge >= 0.3 is 0 Å². The molecule has 0 aliphatic carbocycles. The molecule has 0 saturated heterocycles. The van der Waals surface area contributed by atoms with Gasteiger partial charge in [-0.2, -0.15) is 5.10 Å². The second-order valence-electron chi connectivity index (χ2n) is 5.78. The lowest BCUT2D eigenvalue weighted by Gasteiger charge is -2.01. The number of benzene rings is 1. The van der Waals surface area contributed by atoms with E-state index in [-0.39, 0.29) is 5.84 Å². The molecule has 26 heavy (non-hydrogen) atoms. The second kappa shape index (κ2) is 6.47. The number of aryl methyl sites for hydroxylation is 1. The van der Waals surface area contributed by atoms with Crippen LogP contribution in [-0.4, -0.2) is 26.3 Å². The number of nitrogens with two attached hydrogens (primary N) is 1. The minimum absolute atomic E-state index is 0.125. The number of fused-ring (bicyclic) bond motifs is 1. The lowest BCUT2D eigenvalue weighted by molar-refractivity contribution is 0.948. The molecular formula is C18H16N6S2. The van der Waals surface area contributed by atoms with E-state index in [4.69, 9.17) is 16.1 Å². The lowest BCUT2D eigenvalue weighted by Crippen LogP contribution is -2.09. The van der Waals surface area contributed by atoms with E-state index in [0.29, 0.717) is 10.7 Å². The topological polar surface area (TPSA) is 92.4 Å². The van der Waals surface area contributed by atoms with Crippen molar-refractivity contribution in [2.24, 2.45) is 10.7 Å². The Balaban J connectivity index is 1.94. The molecule has 4 aromatic rings. The normalized spacial score (nSPS) is 12.0. The van der Waals surface area contributed by atoms with Crippen LogP contribution in [0.25, 0.3) is 26.7 Å². The number of nitrogens with one attached hydrogen (secondary N) is 1. The summed E-state index contributed by atoms with van der Waals surface area (Å²) in [6.45, 7) is 3.65. The van der Waals surface area contributed by atoms with Gasteiger partial charge in [0.25, 0.3) is 0 Å². The first-order valence-electron chi connectivity index (χ1n) is 7.93. The quantitative estimate of drug-likeness (QED) is 0.412. The van der Waals surface area contributed by atoms with Crippen LogP contribution in [0.4, 0.5) is 0 Å². The van der Waals surface area contributed by atoms with Crippen molar-refractivity contribution in [3.05, 3.63) is 52.5 Å². The van der Waals surface area contributed by atoms with Crippen LogP contribution >= 0.6 is 22.7 Å². The zero-order chi connectivity index (χ0) is 18.3. The first kappa shape index (κ1) is 16.6. The van der Waals surface area contributed by atoms with Crippen LogP contribution in [0.2, 0.25) is 0 Å². The van der Waals surface area contributed by atoms with E-state index in [1.807, 2.05) is 53.3 Å². The van der Waals surface area contributed by atoms with Gasteiger partial charge in [0, 0.05) is 17.1 Å². The molecule has 0 radical (unpaired) electrons. The molecule has 130 valence electrons. The fraction of sp³-hybridized carbons (Fsp3) is 0.111. The summed E-state index contributed by atoms with van der Waals surface area (Å²) >= 11 is 3.08. The maximum Gasteiger partial charge on any atom is 0.166 e. The van der Waals surface area contributed by atoms with E-state index in [2.05, 4.69) is 10.1 Å². The maximum absolute atomic E-state index is 8.36. The second-order valence-corrected chi connectivity index (χ2v) is 7.67. The van der Waals surface area contributed by atoms with Crippen molar-refractivity contribution in [3.63, 3.8) is 0 Å². The van der Waals surface area contributed by atoms with Crippen molar-refractivity contribution < 1.29 is 0 Å². The fourth-order valence-electron chi connectivity index (χ4n) is 2.75. The van der Waals surface area contributed by atoms with Gasteiger partial charge in [-0.25, -0.2) is 14.5 Å². The van der Waals surface area contributed by atoms with E-state index in [1.165, 1.54) is 11.3 Å². The summed E-state index contributed by atoms with van der Waals surface area (Å²) in [4.78, 5) is 10.7. The van der Waals surface area contributed by atoms with Gasteiger partial charge in [0.1, 0.15) is 9.84 Å². The third kappa shape index (κ3) is 2.83. The van der Waals surface area contributed by atoms with Crippen LogP contribution in [0.15, 0.2) is 46.9 Å². The van der Waals surface area contributed by atoms with Crippen LogP contribution < -0.4 is 5.73 Å². The van der Waals surface area contributed by atoms with Crippen molar-refractivity contribution in [2.45, 2.75) is 13.8 Å². The highest BCUT2D eigenvalue weighted by atomic mass is 32.1. The smallest absolute Gasteiger partial charge is 0.166 e. The molecule has 0 spiro atoms. The molecule has 6 nitrogen and oxygen atoms in total. The average molecular weight is 381 g/mol. The highest BCUT2D eigenvalue weighted by Crippen LogP contribution is 2.38. The Hall–Kier alpha value is -2.84. The van der Waals surface area contributed by atoms with Gasteiger partial charge in [0.15, 0.2) is 5.84 Å². The largest absolute Gasteiger partial charge is 0.387 e. The number of hydrogen-bond acceptors (Lipinski definition) is 5. The van der Waals surface area contributed by atoms with Gasteiger partial charge in [-0.3, -0.25) is 5.41 Å². The Labute approximate surface area is 158 Å². The SMILES string of the molecule is CC(N)=NC(=N)c1sc(-c2c(C)nn3ccsc23)nc1-c1ccccc1. The zero-order valence-corrected chi connectivity index (χ0v) is 15.9. The molecule has 0 aliphatic heterocycles. The molecule has 0 aliphatic rings. The molecule has 1 aromatic carbocycles. The summed E-state index contributed by atoms with van der Waals surface area (Å²) in [6.07, 6.45) is 1.94. The van der Waals surface area contributed by atoms with E-state index < -0.39 is 0 Å². The Bertz CT molecular complexity index is 1130. The minimum Gasteiger partial charge on any atom is -0.387 e. The van der Waals surface area contributed by atoms with E-state index in [9.17, 15) is 0 Å². The van der Waals surface area contributed by atoms with Crippen LogP contribution in [0.3, 0.4) is 0 Å².